The molecule has 6 nitrogen and oxygen atoms in total. The number of aliphatic imine (C=N–C) groups is 1. The molecule has 2 aliphatic rings. The molecule has 0 spiro atoms. The van der Waals surface area contributed by atoms with E-state index in [9.17, 15) is 9.18 Å². The number of carbonyl (C=O) groups is 1. The van der Waals surface area contributed by atoms with Crippen LogP contribution in [0.3, 0.4) is 0 Å². The molecule has 0 bridgehead atoms. The van der Waals surface area contributed by atoms with E-state index < -0.39 is 5.91 Å². The number of rotatable bonds is 4. The lowest BCUT2D eigenvalue weighted by atomic mass is 10.1. The van der Waals surface area contributed by atoms with Crippen LogP contribution in [0, 0.1) is 25.1 Å². The smallest absolute Gasteiger partial charge is 0.283 e. The minimum absolute atomic E-state index is 0.0508. The summed E-state index contributed by atoms with van der Waals surface area (Å²) in [6.45, 7) is 3.83. The fraction of sp³-hybridized carbons (Fsp3) is 0.120. The van der Waals surface area contributed by atoms with Crippen molar-refractivity contribution in [3.05, 3.63) is 94.6 Å². The maximum atomic E-state index is 13.8. The second-order valence-corrected chi connectivity index (χ2v) is 9.50. The number of thioether (sulfide) groups is 1. The highest BCUT2D eigenvalue weighted by Gasteiger charge is 2.37. The third kappa shape index (κ3) is 4.12. The van der Waals surface area contributed by atoms with Crippen LogP contribution in [0.1, 0.15) is 22.5 Å². The van der Waals surface area contributed by atoms with Gasteiger partial charge in [0.2, 0.25) is 5.17 Å². The van der Waals surface area contributed by atoms with Crippen molar-refractivity contribution in [3.8, 4) is 5.69 Å². The topological polar surface area (TPSA) is 73.8 Å². The van der Waals surface area contributed by atoms with E-state index in [-0.39, 0.29) is 17.2 Å². The van der Waals surface area contributed by atoms with Gasteiger partial charge in [-0.1, -0.05) is 48.2 Å². The molecule has 0 saturated carbocycles. The predicted octanol–water partition coefficient (Wildman–Crippen LogP) is 5.74. The van der Waals surface area contributed by atoms with Gasteiger partial charge in [0.05, 0.1) is 17.5 Å². The fourth-order valence-corrected chi connectivity index (χ4v) is 5.72. The fourth-order valence-electron chi connectivity index (χ4n) is 3.92. The highest BCUT2D eigenvalue weighted by Crippen LogP contribution is 2.33. The Kier molecular flexibility index (Phi) is 5.97. The van der Waals surface area contributed by atoms with Crippen molar-refractivity contribution in [1.29, 1.82) is 5.41 Å². The third-order valence-corrected chi connectivity index (χ3v) is 7.37. The molecule has 1 amide bonds. The predicted molar refractivity (Wildman–Crippen MR) is 138 cm³/mol. The Balaban J connectivity index is 1.45. The van der Waals surface area contributed by atoms with Gasteiger partial charge in [0, 0.05) is 22.8 Å². The second kappa shape index (κ2) is 9.08. The van der Waals surface area contributed by atoms with Crippen LogP contribution in [0.15, 0.2) is 75.6 Å². The van der Waals surface area contributed by atoms with Crippen LogP contribution in [0.4, 0.5) is 4.39 Å². The van der Waals surface area contributed by atoms with Gasteiger partial charge in [0.25, 0.3) is 5.91 Å². The van der Waals surface area contributed by atoms with Gasteiger partial charge in [-0.05, 0) is 55.3 Å². The Hall–Kier alpha value is -3.43. The number of hydrogen-bond acceptors (Lipinski definition) is 5. The molecule has 9 heteroatoms. The number of hydrogen-bond donors (Lipinski definition) is 1. The molecule has 1 N–H and O–H groups in total. The van der Waals surface area contributed by atoms with Gasteiger partial charge in [-0.2, -0.15) is 9.39 Å². The molecule has 2 aromatic carbocycles. The molecule has 3 aromatic rings. The molecule has 5 rings (SSSR count). The molecule has 34 heavy (non-hydrogen) atoms. The van der Waals surface area contributed by atoms with E-state index in [1.165, 1.54) is 23.9 Å². The van der Waals surface area contributed by atoms with Crippen molar-refractivity contribution >= 4 is 51.9 Å². The van der Waals surface area contributed by atoms with E-state index in [0.29, 0.717) is 21.8 Å². The number of aryl methyl sites for hydroxylation is 1. The van der Waals surface area contributed by atoms with E-state index in [4.69, 9.17) is 5.41 Å². The zero-order valence-corrected chi connectivity index (χ0v) is 20.1. The molecule has 0 aliphatic carbocycles. The number of benzene rings is 2. The van der Waals surface area contributed by atoms with Gasteiger partial charge in [-0.3, -0.25) is 10.2 Å². The zero-order valence-electron chi connectivity index (χ0n) is 18.4. The first-order valence-electron chi connectivity index (χ1n) is 10.5. The molecule has 0 fully saturated rings. The maximum absolute atomic E-state index is 13.8. The molecule has 170 valence electrons. The van der Waals surface area contributed by atoms with Crippen molar-refractivity contribution < 1.29 is 9.18 Å². The number of fused-ring (bicyclic) bond motifs is 1. The summed E-state index contributed by atoms with van der Waals surface area (Å²) in [6, 6.07) is 18.3. The van der Waals surface area contributed by atoms with Crippen molar-refractivity contribution in [2.45, 2.75) is 19.6 Å². The van der Waals surface area contributed by atoms with Gasteiger partial charge < -0.3 is 4.57 Å². The quantitative estimate of drug-likeness (QED) is 0.374. The molecule has 3 heterocycles. The first-order valence-corrected chi connectivity index (χ1v) is 12.3. The summed E-state index contributed by atoms with van der Waals surface area (Å²) >= 11 is 2.61. The average Bonchev–Trinajstić information content (AvgIpc) is 3.35. The van der Waals surface area contributed by atoms with Gasteiger partial charge in [0.15, 0.2) is 5.17 Å². The van der Waals surface area contributed by atoms with Gasteiger partial charge in [-0.15, -0.1) is 0 Å². The Morgan fingerprint density at radius 1 is 1.12 bits per heavy atom. The van der Waals surface area contributed by atoms with Crippen molar-refractivity contribution in [2.75, 3.05) is 0 Å². The molecule has 0 saturated heterocycles. The van der Waals surface area contributed by atoms with Crippen molar-refractivity contribution in [3.63, 3.8) is 0 Å². The molecule has 1 aromatic heterocycles. The first-order chi connectivity index (χ1) is 16.4. The van der Waals surface area contributed by atoms with Crippen molar-refractivity contribution in [1.82, 2.24) is 9.47 Å². The first kappa shape index (κ1) is 22.4. The highest BCUT2D eigenvalue weighted by molar-refractivity contribution is 8.18. The Labute approximate surface area is 204 Å². The number of carbonyl (C=O) groups excluding carboxylic acids is 1. The molecular formula is C25H20FN5OS2. The molecule has 2 aliphatic heterocycles. The van der Waals surface area contributed by atoms with E-state index in [0.717, 1.165) is 34.5 Å². The normalized spacial score (nSPS) is 16.7. The summed E-state index contributed by atoms with van der Waals surface area (Å²) in [7, 11) is 0. The summed E-state index contributed by atoms with van der Waals surface area (Å²) < 4.78 is 20.2. The number of nitrogens with zero attached hydrogens (tertiary/aromatic N) is 4. The summed E-state index contributed by atoms with van der Waals surface area (Å²) in [6.07, 6.45) is 1.69. The number of nitrogens with one attached hydrogen (secondary N) is 1. The van der Waals surface area contributed by atoms with Crippen LogP contribution in [0.25, 0.3) is 11.8 Å². The minimum atomic E-state index is -0.469. The molecule has 0 radical (unpaired) electrons. The van der Waals surface area contributed by atoms with Crippen LogP contribution in [0.2, 0.25) is 0 Å². The van der Waals surface area contributed by atoms with Crippen LogP contribution < -0.4 is 0 Å². The largest absolute Gasteiger partial charge is 0.318 e. The van der Waals surface area contributed by atoms with E-state index in [1.807, 2.05) is 60.9 Å². The van der Waals surface area contributed by atoms with Gasteiger partial charge >= 0.3 is 0 Å². The SMILES string of the molecule is Cc1cc(/C=C2\C(=N)N3C(SCc4ccccc4)=NSC3=NC2=O)c(C)n1-c1cccc(F)c1. The Morgan fingerprint density at radius 2 is 1.91 bits per heavy atom. The van der Waals surface area contributed by atoms with Crippen molar-refractivity contribution in [2.24, 2.45) is 9.39 Å². The number of halogens is 1. The third-order valence-electron chi connectivity index (χ3n) is 5.54. The van der Waals surface area contributed by atoms with Crippen LogP contribution >= 0.6 is 23.7 Å². The van der Waals surface area contributed by atoms with E-state index in [2.05, 4.69) is 9.39 Å². The molecule has 0 atom stereocenters. The maximum Gasteiger partial charge on any atom is 0.283 e. The molecular weight excluding hydrogens is 469 g/mol. The Morgan fingerprint density at radius 3 is 2.68 bits per heavy atom. The summed E-state index contributed by atoms with van der Waals surface area (Å²) in [5.74, 6) is -0.0416. The van der Waals surface area contributed by atoms with Gasteiger partial charge in [0.1, 0.15) is 11.7 Å². The average molecular weight is 490 g/mol. The van der Waals surface area contributed by atoms with Crippen LogP contribution in [0.5, 0.6) is 0 Å². The van der Waals surface area contributed by atoms with Gasteiger partial charge in [-0.25, -0.2) is 9.29 Å². The second-order valence-electron chi connectivity index (χ2n) is 7.82. The lowest BCUT2D eigenvalue weighted by Crippen LogP contribution is -2.41. The molecule has 0 unspecified atom stereocenters. The number of amidine groups is 3. The monoisotopic (exact) mass is 489 g/mol. The van der Waals surface area contributed by atoms with Crippen LogP contribution in [-0.2, 0) is 10.5 Å². The lowest BCUT2D eigenvalue weighted by Gasteiger charge is -2.24. The summed E-state index contributed by atoms with van der Waals surface area (Å²) in [4.78, 5) is 18.6. The minimum Gasteiger partial charge on any atom is -0.318 e. The van der Waals surface area contributed by atoms with Crippen LogP contribution in [-0.4, -0.2) is 31.5 Å². The number of aromatic nitrogens is 1. The summed E-state index contributed by atoms with van der Waals surface area (Å²) in [5.41, 5.74) is 4.55. The van der Waals surface area contributed by atoms with E-state index in [1.54, 1.807) is 17.0 Å². The summed E-state index contributed by atoms with van der Waals surface area (Å²) in [5, 5.41) is 9.80. The highest BCUT2D eigenvalue weighted by atomic mass is 32.2. The lowest BCUT2D eigenvalue weighted by molar-refractivity contribution is -0.114. The Bertz CT molecular complexity index is 1410. The van der Waals surface area contributed by atoms with E-state index >= 15 is 0 Å². The number of amides is 1. The zero-order chi connectivity index (χ0) is 23.8. The standard InChI is InChI=1S/C25H20FN5OS2/c1-15-11-18(16(2)30(15)20-10-6-9-19(26)13-20)12-21-22(27)31-24(28-23(21)32)34-29-25(31)33-14-17-7-4-3-5-8-17/h3-13,27H,14H2,1-2H3/b21-12+,27-22?.